The number of primary sulfonamides is 1. The lowest BCUT2D eigenvalue weighted by Gasteiger charge is -2.08. The van der Waals surface area contributed by atoms with E-state index in [4.69, 9.17) is 5.14 Å². The van der Waals surface area contributed by atoms with Crippen LogP contribution in [0.4, 0.5) is 4.39 Å². The molecular weight excluding hydrogens is 367 g/mol. The van der Waals surface area contributed by atoms with Crippen molar-refractivity contribution >= 4 is 10.0 Å². The van der Waals surface area contributed by atoms with Gasteiger partial charge in [-0.25, -0.2) is 17.9 Å². The lowest BCUT2D eigenvalue weighted by atomic mass is 10.0. The van der Waals surface area contributed by atoms with Gasteiger partial charge in [-0.1, -0.05) is 24.3 Å². The molecule has 0 bridgehead atoms. The largest absolute Gasteiger partial charge is 0.308 e. The summed E-state index contributed by atoms with van der Waals surface area (Å²) in [5.74, 6) is -0.308. The van der Waals surface area contributed by atoms with Crippen molar-refractivity contribution in [2.45, 2.75) is 11.4 Å². The molecular formula is C19H21FN4O2S. The zero-order valence-corrected chi connectivity index (χ0v) is 15.9. The highest BCUT2D eigenvalue weighted by atomic mass is 32.2. The first-order valence-electron chi connectivity index (χ1n) is 8.35. The molecule has 1 heterocycles. The van der Waals surface area contributed by atoms with Gasteiger partial charge in [0.1, 0.15) is 11.5 Å². The Balaban J connectivity index is 2.05. The quantitative estimate of drug-likeness (QED) is 0.704. The average molecular weight is 388 g/mol. The molecule has 6 nitrogen and oxygen atoms in total. The predicted molar refractivity (Wildman–Crippen MR) is 103 cm³/mol. The van der Waals surface area contributed by atoms with Crippen LogP contribution in [-0.4, -0.2) is 43.7 Å². The number of halogens is 1. The van der Waals surface area contributed by atoms with Gasteiger partial charge in [-0.3, -0.25) is 4.68 Å². The topological polar surface area (TPSA) is 81.2 Å². The van der Waals surface area contributed by atoms with E-state index < -0.39 is 10.0 Å². The maximum atomic E-state index is 13.3. The highest BCUT2D eigenvalue weighted by Crippen LogP contribution is 2.31. The lowest BCUT2D eigenvalue weighted by molar-refractivity contribution is 0.373. The molecule has 3 aromatic rings. The van der Waals surface area contributed by atoms with Gasteiger partial charge in [0.2, 0.25) is 10.0 Å². The average Bonchev–Trinajstić information content (AvgIpc) is 3.04. The van der Waals surface area contributed by atoms with Crippen LogP contribution in [0, 0.1) is 5.82 Å². The summed E-state index contributed by atoms with van der Waals surface area (Å²) in [6, 6.07) is 12.5. The van der Waals surface area contributed by atoms with Gasteiger partial charge in [-0.05, 0) is 43.9 Å². The van der Waals surface area contributed by atoms with E-state index >= 15 is 0 Å². The Labute approximate surface area is 158 Å². The Morgan fingerprint density at radius 1 is 1.04 bits per heavy atom. The van der Waals surface area contributed by atoms with Crippen LogP contribution in [0.5, 0.6) is 0 Å². The van der Waals surface area contributed by atoms with Gasteiger partial charge < -0.3 is 4.90 Å². The van der Waals surface area contributed by atoms with E-state index in [1.54, 1.807) is 24.3 Å². The van der Waals surface area contributed by atoms with Crippen molar-refractivity contribution in [3.8, 4) is 22.4 Å². The number of nitrogens with two attached hydrogens (primary N) is 1. The first-order valence-corrected chi connectivity index (χ1v) is 9.90. The molecule has 0 saturated heterocycles. The molecule has 0 aliphatic rings. The molecule has 2 N–H and O–H groups in total. The Kier molecular flexibility index (Phi) is 5.41. The second kappa shape index (κ2) is 7.59. The minimum absolute atomic E-state index is 0.0432. The molecule has 0 radical (unpaired) electrons. The van der Waals surface area contributed by atoms with Crippen molar-refractivity contribution in [1.29, 1.82) is 0 Å². The van der Waals surface area contributed by atoms with E-state index in [1.165, 1.54) is 24.3 Å². The third-order valence-corrected chi connectivity index (χ3v) is 5.08. The predicted octanol–water partition coefficient (Wildman–Crippen LogP) is 2.57. The third-order valence-electron chi connectivity index (χ3n) is 4.15. The van der Waals surface area contributed by atoms with Gasteiger partial charge in [0.05, 0.1) is 11.4 Å². The van der Waals surface area contributed by atoms with Gasteiger partial charge in [0.15, 0.2) is 0 Å². The number of hydrogen-bond donors (Lipinski definition) is 1. The summed E-state index contributed by atoms with van der Waals surface area (Å²) < 4.78 is 38.1. The second-order valence-corrected chi connectivity index (χ2v) is 8.10. The number of benzene rings is 2. The summed E-state index contributed by atoms with van der Waals surface area (Å²) in [6.45, 7) is 1.50. The van der Waals surface area contributed by atoms with E-state index in [0.29, 0.717) is 12.2 Å². The van der Waals surface area contributed by atoms with E-state index in [0.717, 1.165) is 23.2 Å². The van der Waals surface area contributed by atoms with Crippen molar-refractivity contribution in [1.82, 2.24) is 14.7 Å². The number of aromatic nitrogens is 2. The fraction of sp³-hybridized carbons (Fsp3) is 0.211. The number of sulfonamides is 1. The van der Waals surface area contributed by atoms with Crippen LogP contribution in [0.3, 0.4) is 0 Å². The number of rotatable bonds is 6. The molecule has 0 spiro atoms. The van der Waals surface area contributed by atoms with Crippen molar-refractivity contribution in [2.75, 3.05) is 20.6 Å². The summed E-state index contributed by atoms with van der Waals surface area (Å²) in [6.07, 6.45) is 1.92. The van der Waals surface area contributed by atoms with Crippen LogP contribution >= 0.6 is 0 Å². The minimum atomic E-state index is -3.75. The molecule has 0 amide bonds. The Bertz CT molecular complexity index is 1030. The zero-order valence-electron chi connectivity index (χ0n) is 15.1. The first kappa shape index (κ1) is 19.2. The van der Waals surface area contributed by atoms with E-state index in [9.17, 15) is 12.8 Å². The summed E-state index contributed by atoms with van der Waals surface area (Å²) >= 11 is 0. The van der Waals surface area contributed by atoms with Gasteiger partial charge in [-0.15, -0.1) is 0 Å². The molecule has 3 rings (SSSR count). The fourth-order valence-corrected chi connectivity index (χ4v) is 3.21. The first-order chi connectivity index (χ1) is 12.7. The van der Waals surface area contributed by atoms with Gasteiger partial charge >= 0.3 is 0 Å². The van der Waals surface area contributed by atoms with E-state index in [2.05, 4.69) is 10.00 Å². The van der Waals surface area contributed by atoms with E-state index in [1.807, 2.05) is 25.0 Å². The Morgan fingerprint density at radius 3 is 2.19 bits per heavy atom. The molecule has 0 fully saturated rings. The van der Waals surface area contributed by atoms with E-state index in [-0.39, 0.29) is 10.7 Å². The van der Waals surface area contributed by atoms with Gasteiger partial charge in [0.25, 0.3) is 0 Å². The minimum Gasteiger partial charge on any atom is -0.308 e. The fourth-order valence-electron chi connectivity index (χ4n) is 2.69. The van der Waals surface area contributed by atoms with Crippen molar-refractivity contribution in [3.05, 3.63) is 60.5 Å². The molecule has 0 unspecified atom stereocenters. The van der Waals surface area contributed by atoms with Crippen LogP contribution in [0.25, 0.3) is 22.4 Å². The third kappa shape index (κ3) is 4.60. The van der Waals surface area contributed by atoms with Crippen LogP contribution in [-0.2, 0) is 16.6 Å². The number of hydrogen-bond acceptors (Lipinski definition) is 4. The molecule has 27 heavy (non-hydrogen) atoms. The second-order valence-electron chi connectivity index (χ2n) is 6.53. The highest BCUT2D eigenvalue weighted by Gasteiger charge is 2.15. The van der Waals surface area contributed by atoms with Crippen LogP contribution in [0.1, 0.15) is 0 Å². The smallest absolute Gasteiger partial charge is 0.238 e. The van der Waals surface area contributed by atoms with Crippen molar-refractivity contribution in [2.24, 2.45) is 5.14 Å². The molecule has 0 aliphatic carbocycles. The Hall–Kier alpha value is -2.55. The lowest BCUT2D eigenvalue weighted by Crippen LogP contribution is -2.18. The summed E-state index contributed by atoms with van der Waals surface area (Å²) in [4.78, 5) is 2.10. The molecule has 2 aromatic carbocycles. The molecule has 0 aliphatic heterocycles. The van der Waals surface area contributed by atoms with Crippen molar-refractivity contribution in [3.63, 3.8) is 0 Å². The summed E-state index contributed by atoms with van der Waals surface area (Å²) in [7, 11) is 0.212. The van der Waals surface area contributed by atoms with Gasteiger partial charge in [0, 0.05) is 23.9 Å². The van der Waals surface area contributed by atoms with Crippen molar-refractivity contribution < 1.29 is 12.8 Å². The molecule has 1 aromatic heterocycles. The number of nitrogens with zero attached hydrogens (tertiary/aromatic N) is 3. The zero-order chi connectivity index (χ0) is 19.6. The number of likely N-dealkylation sites (N-methyl/N-ethyl adjacent to an activating group) is 1. The monoisotopic (exact) mass is 388 g/mol. The standard InChI is InChI=1S/C19H21FN4O2S/c1-23(2)11-12-24-13-18(14-3-7-16(20)8-4-14)19(22-24)15-5-9-17(10-6-15)27(21,25)26/h3-10,13H,11-12H2,1-2H3,(H2,21,25,26). The summed E-state index contributed by atoms with van der Waals surface area (Å²) in [5.41, 5.74) is 3.13. The summed E-state index contributed by atoms with van der Waals surface area (Å²) in [5, 5.41) is 9.82. The maximum absolute atomic E-state index is 13.3. The molecule has 8 heteroatoms. The normalized spacial score (nSPS) is 11.9. The van der Waals surface area contributed by atoms with Crippen LogP contribution < -0.4 is 5.14 Å². The van der Waals surface area contributed by atoms with Gasteiger partial charge in [-0.2, -0.15) is 5.10 Å². The molecule has 0 atom stereocenters. The SMILES string of the molecule is CN(C)CCn1cc(-c2ccc(F)cc2)c(-c2ccc(S(N)(=O)=O)cc2)n1. The molecule has 0 saturated carbocycles. The van der Waals surface area contributed by atoms with Crippen LogP contribution in [0.15, 0.2) is 59.6 Å². The highest BCUT2D eigenvalue weighted by molar-refractivity contribution is 7.89. The maximum Gasteiger partial charge on any atom is 0.238 e. The molecule has 142 valence electrons. The van der Waals surface area contributed by atoms with Crippen LogP contribution in [0.2, 0.25) is 0 Å². The Morgan fingerprint density at radius 2 is 1.63 bits per heavy atom.